The first-order chi connectivity index (χ1) is 21.7. The number of amides is 1. The van der Waals surface area contributed by atoms with Crippen LogP contribution in [0.4, 0.5) is 0 Å². The zero-order chi connectivity index (χ0) is 33.3. The van der Waals surface area contributed by atoms with Crippen LogP contribution in [0.2, 0.25) is 0 Å². The molecule has 1 aliphatic rings. The second-order valence-electron chi connectivity index (χ2n) is 10.7. The van der Waals surface area contributed by atoms with E-state index in [9.17, 15) is 39.0 Å². The van der Waals surface area contributed by atoms with Crippen molar-refractivity contribution in [3.05, 3.63) is 0 Å². The van der Waals surface area contributed by atoms with E-state index in [1.165, 1.54) is 7.85 Å². The average molecular weight is 644 g/mol. The maximum Gasteiger partial charge on any atom is 0.320 e. The second kappa shape index (κ2) is 25.4. The molecule has 0 radical (unpaired) electrons. The predicted molar refractivity (Wildman–Crippen MR) is 165 cm³/mol. The third-order valence-corrected chi connectivity index (χ3v) is 7.18. The van der Waals surface area contributed by atoms with Crippen LogP contribution in [0.3, 0.4) is 0 Å². The van der Waals surface area contributed by atoms with E-state index in [4.69, 9.17) is 14.2 Å². The minimum absolute atomic E-state index is 0.0300. The summed E-state index contributed by atoms with van der Waals surface area (Å²) >= 11 is 0. The number of hydrogen-bond donors (Lipinski definition) is 3. The Morgan fingerprint density at radius 3 is 1.71 bits per heavy atom. The van der Waals surface area contributed by atoms with Crippen LogP contribution in [-0.2, 0) is 43.0 Å². The van der Waals surface area contributed by atoms with Gasteiger partial charge in [-0.3, -0.25) is 34.0 Å². The highest BCUT2D eigenvalue weighted by Crippen LogP contribution is 2.10. The minimum Gasteiger partial charge on any atom is -0.480 e. The first-order valence-electron chi connectivity index (χ1n) is 15.4. The van der Waals surface area contributed by atoms with Crippen LogP contribution < -0.4 is 5.32 Å². The standard InChI is InChI=1S/C28H50BN5O11/c29-25(37)3-17-43-19-21-45-22-20-44-18-4-30-26(38)2-1-24(28(41)42)34-11-9-32(14-16-36)6-5-31(13-15-35)7-8-33(10-12-34)23-27(39)40/h15-16,24H,1-14,17-23,29H2,(H,30,38)(H,39,40)(H,41,42). The number of ether oxygens (including phenoxy) is 3. The number of aldehydes is 2. The maximum absolute atomic E-state index is 12.5. The fraction of sp³-hybridized carbons (Fsp3) is 0.786. The SMILES string of the molecule is BC(=O)CCOCCOCCOCCNC(=O)CCC(C(=O)O)N1CCN(CC=O)CCN(CC=O)CCN(CC(=O)O)CC1. The molecule has 256 valence electrons. The molecule has 0 spiro atoms. The van der Waals surface area contributed by atoms with Crippen LogP contribution >= 0.6 is 0 Å². The van der Waals surface area contributed by atoms with Gasteiger partial charge in [0.15, 0.2) is 7.85 Å². The Labute approximate surface area is 265 Å². The van der Waals surface area contributed by atoms with E-state index < -0.39 is 18.0 Å². The van der Waals surface area contributed by atoms with Gasteiger partial charge in [0.2, 0.25) is 5.91 Å². The van der Waals surface area contributed by atoms with Gasteiger partial charge in [-0.1, -0.05) is 0 Å². The number of carbonyl (C=O) groups excluding carboxylic acids is 4. The molecule has 1 saturated heterocycles. The van der Waals surface area contributed by atoms with Gasteiger partial charge < -0.3 is 44.1 Å². The highest BCUT2D eigenvalue weighted by molar-refractivity contribution is 6.57. The summed E-state index contributed by atoms with van der Waals surface area (Å²) in [5.74, 6) is -2.42. The van der Waals surface area contributed by atoms with Crippen molar-refractivity contribution in [2.75, 3.05) is 118 Å². The molecule has 3 N–H and O–H groups in total. The Bertz CT molecular complexity index is 901. The van der Waals surface area contributed by atoms with Crippen molar-refractivity contribution in [2.45, 2.75) is 25.3 Å². The Balaban J connectivity index is 2.58. The van der Waals surface area contributed by atoms with Gasteiger partial charge >= 0.3 is 11.9 Å². The monoisotopic (exact) mass is 643 g/mol. The number of carbonyl (C=O) groups is 6. The molecule has 1 atom stereocenters. The number of aliphatic carboxylic acids is 2. The lowest BCUT2D eigenvalue weighted by atomic mass is 10.0. The highest BCUT2D eigenvalue weighted by Gasteiger charge is 2.28. The molecule has 1 heterocycles. The number of nitrogens with one attached hydrogen (secondary N) is 1. The van der Waals surface area contributed by atoms with Crippen molar-refractivity contribution in [1.29, 1.82) is 0 Å². The Morgan fingerprint density at radius 1 is 0.711 bits per heavy atom. The summed E-state index contributed by atoms with van der Waals surface area (Å²) in [4.78, 5) is 76.7. The molecule has 17 heteroatoms. The van der Waals surface area contributed by atoms with Gasteiger partial charge in [0.25, 0.3) is 0 Å². The lowest BCUT2D eigenvalue weighted by Gasteiger charge is -2.35. The molecule has 0 aliphatic carbocycles. The van der Waals surface area contributed by atoms with Crippen LogP contribution in [0, 0.1) is 0 Å². The predicted octanol–water partition coefficient (Wildman–Crippen LogP) is -3.36. The molecule has 1 fully saturated rings. The summed E-state index contributed by atoms with van der Waals surface area (Å²) in [6, 6.07) is -0.991. The summed E-state index contributed by atoms with van der Waals surface area (Å²) in [6.45, 7) is 5.41. The zero-order valence-electron chi connectivity index (χ0n) is 26.4. The lowest BCUT2D eigenvalue weighted by Crippen LogP contribution is -2.51. The fourth-order valence-electron chi connectivity index (χ4n) is 4.63. The quantitative estimate of drug-likeness (QED) is 0.0567. The van der Waals surface area contributed by atoms with Crippen LogP contribution in [0.5, 0.6) is 0 Å². The smallest absolute Gasteiger partial charge is 0.320 e. The van der Waals surface area contributed by atoms with E-state index in [2.05, 4.69) is 5.32 Å². The molecule has 1 rings (SSSR count). The summed E-state index contributed by atoms with van der Waals surface area (Å²) in [6.07, 6.45) is 1.96. The molecule has 0 aromatic carbocycles. The first kappa shape index (κ1) is 40.2. The zero-order valence-corrected chi connectivity index (χ0v) is 26.4. The largest absolute Gasteiger partial charge is 0.480 e. The summed E-state index contributed by atoms with van der Waals surface area (Å²) in [7, 11) is 1.51. The highest BCUT2D eigenvalue weighted by atomic mass is 16.5. The van der Waals surface area contributed by atoms with Gasteiger partial charge in [0, 0.05) is 71.7 Å². The first-order valence-corrected chi connectivity index (χ1v) is 15.4. The number of nitrogens with zero attached hydrogens (tertiary/aromatic N) is 4. The summed E-state index contributed by atoms with van der Waals surface area (Å²) in [5.41, 5.74) is 0.0719. The van der Waals surface area contributed by atoms with E-state index >= 15 is 0 Å². The van der Waals surface area contributed by atoms with Crippen LogP contribution in [0.15, 0.2) is 0 Å². The summed E-state index contributed by atoms with van der Waals surface area (Å²) in [5, 5.41) is 22.2. The molecule has 1 amide bonds. The van der Waals surface area contributed by atoms with Crippen molar-refractivity contribution < 1.29 is 53.2 Å². The van der Waals surface area contributed by atoms with E-state index in [1.807, 2.05) is 9.80 Å². The molecular formula is C28H50BN5O11. The van der Waals surface area contributed by atoms with Gasteiger partial charge in [0.05, 0.1) is 65.0 Å². The van der Waals surface area contributed by atoms with Crippen LogP contribution in [0.1, 0.15) is 19.3 Å². The average Bonchev–Trinajstić information content (AvgIpc) is 2.98. The molecule has 0 aromatic rings. The molecule has 1 aliphatic heterocycles. The van der Waals surface area contributed by atoms with Crippen molar-refractivity contribution in [1.82, 2.24) is 24.9 Å². The molecule has 0 saturated carbocycles. The van der Waals surface area contributed by atoms with Gasteiger partial charge in [-0.05, 0) is 6.42 Å². The minimum atomic E-state index is -1.09. The fourth-order valence-corrected chi connectivity index (χ4v) is 4.63. The van der Waals surface area contributed by atoms with Crippen LogP contribution in [0.25, 0.3) is 0 Å². The Morgan fingerprint density at radius 2 is 1.20 bits per heavy atom. The molecule has 45 heavy (non-hydrogen) atoms. The van der Waals surface area contributed by atoms with Crippen LogP contribution in [-0.4, -0.2) is 198 Å². The van der Waals surface area contributed by atoms with E-state index in [0.29, 0.717) is 78.7 Å². The van der Waals surface area contributed by atoms with Gasteiger partial charge in [-0.25, -0.2) is 0 Å². The normalized spacial score (nSPS) is 17.1. The van der Waals surface area contributed by atoms with Gasteiger partial charge in [-0.15, -0.1) is 0 Å². The van der Waals surface area contributed by atoms with E-state index in [1.54, 1.807) is 9.80 Å². The van der Waals surface area contributed by atoms with Gasteiger partial charge in [0.1, 0.15) is 18.6 Å². The number of hydrogen-bond acceptors (Lipinski definition) is 13. The Hall–Kier alpha value is -2.80. The van der Waals surface area contributed by atoms with Gasteiger partial charge in [-0.2, -0.15) is 0 Å². The lowest BCUT2D eigenvalue weighted by molar-refractivity contribution is -0.144. The molecule has 0 bridgehead atoms. The third kappa shape index (κ3) is 20.8. The molecule has 1 unspecified atom stereocenters. The van der Waals surface area contributed by atoms with Crippen molar-refractivity contribution in [3.63, 3.8) is 0 Å². The van der Waals surface area contributed by atoms with Crippen molar-refractivity contribution in [3.8, 4) is 0 Å². The number of carboxylic acid groups (broad SMARTS) is 2. The maximum atomic E-state index is 12.5. The summed E-state index contributed by atoms with van der Waals surface area (Å²) < 4.78 is 16.1. The number of rotatable bonds is 23. The van der Waals surface area contributed by atoms with E-state index in [0.717, 1.165) is 12.6 Å². The third-order valence-electron chi connectivity index (χ3n) is 7.18. The van der Waals surface area contributed by atoms with Crippen molar-refractivity contribution >= 4 is 43.9 Å². The molecule has 0 aromatic heterocycles. The molecular weight excluding hydrogens is 593 g/mol. The van der Waals surface area contributed by atoms with Crippen molar-refractivity contribution in [2.24, 2.45) is 0 Å². The second-order valence-corrected chi connectivity index (χ2v) is 10.7. The van der Waals surface area contributed by atoms with E-state index in [-0.39, 0.29) is 70.3 Å². The number of carboxylic acids is 2. The Kier molecular flexibility index (Phi) is 22.7. The topological polar surface area (TPSA) is 196 Å². The molecule has 16 nitrogen and oxygen atoms in total.